The maximum Gasteiger partial charge on any atom is 0.226 e. The normalized spacial score (nSPS) is 38.1. The van der Waals surface area contributed by atoms with Crippen LogP contribution < -0.4 is 10.6 Å². The Hall–Kier alpha value is -0.610. The van der Waals surface area contributed by atoms with Crippen LogP contribution in [0, 0.1) is 5.92 Å². The lowest BCUT2D eigenvalue weighted by Crippen LogP contribution is -2.47. The Morgan fingerprint density at radius 3 is 3.00 bits per heavy atom. The molecule has 16 heavy (non-hydrogen) atoms. The van der Waals surface area contributed by atoms with Crippen molar-refractivity contribution in [2.24, 2.45) is 5.92 Å². The summed E-state index contributed by atoms with van der Waals surface area (Å²) in [5.41, 5.74) is 0. The van der Waals surface area contributed by atoms with Gasteiger partial charge in [0.05, 0.1) is 12.0 Å². The van der Waals surface area contributed by atoms with E-state index in [9.17, 15) is 4.79 Å². The molecule has 2 aliphatic rings. The van der Waals surface area contributed by atoms with Gasteiger partial charge < -0.3 is 15.4 Å². The molecule has 4 unspecified atom stereocenters. The van der Waals surface area contributed by atoms with Gasteiger partial charge in [0, 0.05) is 18.7 Å². The third-order valence-electron chi connectivity index (χ3n) is 3.42. The van der Waals surface area contributed by atoms with Crippen molar-refractivity contribution in [3.05, 3.63) is 0 Å². The lowest BCUT2D eigenvalue weighted by Gasteiger charge is -2.28. The number of hydrogen-bond acceptors (Lipinski definition) is 3. The van der Waals surface area contributed by atoms with Gasteiger partial charge >= 0.3 is 0 Å². The Bertz CT molecular complexity index is 257. The molecule has 1 amide bonds. The molecule has 0 aromatic carbocycles. The third-order valence-corrected chi connectivity index (χ3v) is 3.42. The summed E-state index contributed by atoms with van der Waals surface area (Å²) >= 11 is 0. The smallest absolute Gasteiger partial charge is 0.226 e. The van der Waals surface area contributed by atoms with Gasteiger partial charge in [0.15, 0.2) is 0 Å². The topological polar surface area (TPSA) is 50.4 Å². The Balaban J connectivity index is 1.71. The van der Waals surface area contributed by atoms with E-state index in [0.29, 0.717) is 18.7 Å². The first-order chi connectivity index (χ1) is 7.70. The highest BCUT2D eigenvalue weighted by Gasteiger charge is 2.44. The van der Waals surface area contributed by atoms with Crippen LogP contribution in [0.5, 0.6) is 0 Å². The van der Waals surface area contributed by atoms with Crippen molar-refractivity contribution < 1.29 is 9.53 Å². The predicted molar refractivity (Wildman–Crippen MR) is 62.2 cm³/mol. The van der Waals surface area contributed by atoms with Gasteiger partial charge in [-0.05, 0) is 39.7 Å². The van der Waals surface area contributed by atoms with E-state index in [1.54, 1.807) is 0 Å². The van der Waals surface area contributed by atoms with Gasteiger partial charge in [0.1, 0.15) is 0 Å². The summed E-state index contributed by atoms with van der Waals surface area (Å²) in [6, 6.07) is 0.868. The molecule has 4 atom stereocenters. The minimum Gasteiger partial charge on any atom is -0.378 e. The Morgan fingerprint density at radius 2 is 2.31 bits per heavy atom. The molecule has 92 valence electrons. The van der Waals surface area contributed by atoms with Crippen molar-refractivity contribution in [2.45, 2.75) is 51.3 Å². The van der Waals surface area contributed by atoms with Crippen LogP contribution >= 0.6 is 0 Å². The van der Waals surface area contributed by atoms with Crippen LogP contribution in [-0.4, -0.2) is 37.2 Å². The van der Waals surface area contributed by atoms with E-state index in [1.165, 1.54) is 0 Å². The van der Waals surface area contributed by atoms with Crippen LogP contribution in [0.2, 0.25) is 0 Å². The van der Waals surface area contributed by atoms with Crippen LogP contribution in [0.1, 0.15) is 33.1 Å². The molecule has 1 aliphatic carbocycles. The van der Waals surface area contributed by atoms with Crippen LogP contribution in [0.3, 0.4) is 0 Å². The molecule has 1 saturated heterocycles. The summed E-state index contributed by atoms with van der Waals surface area (Å²) in [6.45, 7) is 5.85. The fourth-order valence-electron chi connectivity index (χ4n) is 2.42. The van der Waals surface area contributed by atoms with E-state index in [2.05, 4.69) is 17.6 Å². The van der Waals surface area contributed by atoms with Crippen molar-refractivity contribution in [1.29, 1.82) is 0 Å². The number of amides is 1. The first-order valence-electron chi connectivity index (χ1n) is 6.36. The van der Waals surface area contributed by atoms with Crippen LogP contribution in [0.15, 0.2) is 0 Å². The number of carbonyl (C=O) groups excluding carboxylic acids is 1. The molecule has 0 aromatic rings. The summed E-state index contributed by atoms with van der Waals surface area (Å²) in [7, 11) is 0. The fraction of sp³-hybridized carbons (Fsp3) is 0.917. The molecule has 0 bridgehead atoms. The highest BCUT2D eigenvalue weighted by atomic mass is 16.5. The fourth-order valence-corrected chi connectivity index (χ4v) is 2.42. The second-order valence-electron chi connectivity index (χ2n) is 4.92. The van der Waals surface area contributed by atoms with Gasteiger partial charge in [-0.2, -0.15) is 0 Å². The number of ether oxygens (including phenoxy) is 1. The highest BCUT2D eigenvalue weighted by molar-refractivity contribution is 5.82. The average Bonchev–Trinajstić information content (AvgIpc) is 2.98. The van der Waals surface area contributed by atoms with Gasteiger partial charge in [0.25, 0.3) is 0 Å². The quantitative estimate of drug-likeness (QED) is 0.740. The molecule has 2 fully saturated rings. The van der Waals surface area contributed by atoms with Crippen LogP contribution in [0.25, 0.3) is 0 Å². The molecule has 0 spiro atoms. The molecule has 4 heteroatoms. The number of hydrogen-bond donors (Lipinski definition) is 2. The van der Waals surface area contributed by atoms with Crippen LogP contribution in [0.4, 0.5) is 0 Å². The minimum atomic E-state index is 0.116. The summed E-state index contributed by atoms with van der Waals surface area (Å²) in [4.78, 5) is 11.9. The first kappa shape index (κ1) is 11.9. The zero-order valence-electron chi connectivity index (χ0n) is 10.2. The summed E-state index contributed by atoms with van der Waals surface area (Å²) < 4.78 is 5.42. The monoisotopic (exact) mass is 226 g/mol. The van der Waals surface area contributed by atoms with E-state index >= 15 is 0 Å². The maximum absolute atomic E-state index is 11.9. The largest absolute Gasteiger partial charge is 0.378 e. The predicted octanol–water partition coefficient (Wildman–Crippen LogP) is 0.668. The zero-order chi connectivity index (χ0) is 11.5. The number of rotatable bonds is 4. The summed E-state index contributed by atoms with van der Waals surface area (Å²) in [5.74, 6) is 0.308. The standard InChI is InChI=1S/C12H22N2O2/c1-3-16-11-7-10(11)12(15)14-9-4-5-13-8(2)6-9/h8-11,13H,3-7H2,1-2H3,(H,14,15). The van der Waals surface area contributed by atoms with Crippen LogP contribution in [-0.2, 0) is 9.53 Å². The second-order valence-corrected chi connectivity index (χ2v) is 4.92. The Kier molecular flexibility index (Phi) is 3.82. The van der Waals surface area contributed by atoms with Gasteiger partial charge in [-0.3, -0.25) is 4.79 Å². The average molecular weight is 226 g/mol. The number of carbonyl (C=O) groups is 1. The summed E-state index contributed by atoms with van der Waals surface area (Å²) in [5, 5.41) is 6.52. The molecule has 4 nitrogen and oxygen atoms in total. The van der Waals surface area contributed by atoms with Gasteiger partial charge in [-0.25, -0.2) is 0 Å². The van der Waals surface area contributed by atoms with Gasteiger partial charge in [0.2, 0.25) is 5.91 Å². The third kappa shape index (κ3) is 2.95. The molecule has 1 heterocycles. The van der Waals surface area contributed by atoms with Crippen molar-refractivity contribution >= 4 is 5.91 Å². The molecular weight excluding hydrogens is 204 g/mol. The molecule has 1 saturated carbocycles. The lowest BCUT2D eigenvalue weighted by molar-refractivity contribution is -0.124. The van der Waals surface area contributed by atoms with E-state index in [0.717, 1.165) is 25.8 Å². The highest BCUT2D eigenvalue weighted by Crippen LogP contribution is 2.34. The summed E-state index contributed by atoms with van der Waals surface area (Å²) in [6.07, 6.45) is 3.17. The van der Waals surface area contributed by atoms with E-state index in [4.69, 9.17) is 4.74 Å². The molecule has 0 radical (unpaired) electrons. The molecule has 2 rings (SSSR count). The zero-order valence-corrected chi connectivity index (χ0v) is 10.2. The molecule has 1 aliphatic heterocycles. The van der Waals surface area contributed by atoms with Gasteiger partial charge in [-0.15, -0.1) is 0 Å². The minimum absolute atomic E-state index is 0.116. The number of nitrogens with one attached hydrogen (secondary N) is 2. The van der Waals surface area contributed by atoms with E-state index in [1.807, 2.05) is 6.92 Å². The lowest BCUT2D eigenvalue weighted by atomic mass is 10.0. The second kappa shape index (κ2) is 5.15. The Morgan fingerprint density at radius 1 is 1.50 bits per heavy atom. The van der Waals surface area contributed by atoms with Crippen molar-refractivity contribution in [2.75, 3.05) is 13.2 Å². The molecule has 2 N–H and O–H groups in total. The molecular formula is C12H22N2O2. The Labute approximate surface area is 97.1 Å². The SMILES string of the molecule is CCOC1CC1C(=O)NC1CCNC(C)C1. The van der Waals surface area contributed by atoms with Crippen molar-refractivity contribution in [3.63, 3.8) is 0 Å². The van der Waals surface area contributed by atoms with Gasteiger partial charge in [-0.1, -0.05) is 0 Å². The van der Waals surface area contributed by atoms with E-state index in [-0.39, 0.29) is 17.9 Å². The van der Waals surface area contributed by atoms with Crippen molar-refractivity contribution in [3.8, 4) is 0 Å². The number of piperidine rings is 1. The van der Waals surface area contributed by atoms with E-state index < -0.39 is 0 Å². The first-order valence-corrected chi connectivity index (χ1v) is 6.36. The molecule has 0 aromatic heterocycles. The van der Waals surface area contributed by atoms with Crippen molar-refractivity contribution in [1.82, 2.24) is 10.6 Å². The maximum atomic E-state index is 11.9.